The zero-order valence-electron chi connectivity index (χ0n) is 10.6. The molecule has 1 fully saturated rings. The van der Waals surface area contributed by atoms with Gasteiger partial charge in [0.15, 0.2) is 0 Å². The summed E-state index contributed by atoms with van der Waals surface area (Å²) in [6.07, 6.45) is 9.72. The third-order valence-electron chi connectivity index (χ3n) is 3.43. The normalized spacial score (nSPS) is 15.6. The first-order chi connectivity index (χ1) is 9.33. The van der Waals surface area contributed by atoms with E-state index in [-0.39, 0.29) is 5.91 Å². The van der Waals surface area contributed by atoms with Gasteiger partial charge < -0.3 is 5.32 Å². The SMILES string of the molecule is O=C(NC1CCCC1)c1cccc(-n2ccnc2)n1. The van der Waals surface area contributed by atoms with Gasteiger partial charge in [0, 0.05) is 18.4 Å². The number of aromatic nitrogens is 3. The summed E-state index contributed by atoms with van der Waals surface area (Å²) in [5.74, 6) is 0.616. The number of amides is 1. The van der Waals surface area contributed by atoms with Crippen molar-refractivity contribution in [1.29, 1.82) is 0 Å². The zero-order valence-corrected chi connectivity index (χ0v) is 10.6. The minimum Gasteiger partial charge on any atom is -0.348 e. The smallest absolute Gasteiger partial charge is 0.270 e. The Balaban J connectivity index is 1.77. The summed E-state index contributed by atoms with van der Waals surface area (Å²) in [7, 11) is 0. The Morgan fingerprint density at radius 1 is 1.32 bits per heavy atom. The summed E-state index contributed by atoms with van der Waals surface area (Å²) in [6, 6.07) is 5.75. The van der Waals surface area contributed by atoms with Gasteiger partial charge in [-0.1, -0.05) is 18.9 Å². The molecule has 1 aliphatic rings. The first kappa shape index (κ1) is 11.9. The fourth-order valence-corrected chi connectivity index (χ4v) is 2.42. The van der Waals surface area contributed by atoms with Gasteiger partial charge in [-0.2, -0.15) is 0 Å². The number of nitrogens with one attached hydrogen (secondary N) is 1. The van der Waals surface area contributed by atoms with E-state index in [1.54, 1.807) is 29.4 Å². The van der Waals surface area contributed by atoms with Crippen LogP contribution in [0, 0.1) is 0 Å². The van der Waals surface area contributed by atoms with Crippen molar-refractivity contribution >= 4 is 5.91 Å². The molecule has 2 heterocycles. The van der Waals surface area contributed by atoms with Crippen LogP contribution in [0.15, 0.2) is 36.9 Å². The maximum Gasteiger partial charge on any atom is 0.270 e. The van der Waals surface area contributed by atoms with Crippen LogP contribution in [0.5, 0.6) is 0 Å². The van der Waals surface area contributed by atoms with Crippen LogP contribution < -0.4 is 5.32 Å². The summed E-state index contributed by atoms with van der Waals surface area (Å²) in [5, 5.41) is 3.04. The molecular weight excluding hydrogens is 240 g/mol. The lowest BCUT2D eigenvalue weighted by Gasteiger charge is -2.11. The molecule has 0 aliphatic heterocycles. The molecule has 3 rings (SSSR count). The van der Waals surface area contributed by atoms with Crippen LogP contribution in [0.3, 0.4) is 0 Å². The molecule has 1 aliphatic carbocycles. The van der Waals surface area contributed by atoms with Crippen molar-refractivity contribution in [3.05, 3.63) is 42.6 Å². The lowest BCUT2D eigenvalue weighted by Crippen LogP contribution is -2.33. The Labute approximate surface area is 111 Å². The Hall–Kier alpha value is -2.17. The van der Waals surface area contributed by atoms with E-state index in [9.17, 15) is 4.79 Å². The van der Waals surface area contributed by atoms with E-state index >= 15 is 0 Å². The molecule has 0 bridgehead atoms. The van der Waals surface area contributed by atoms with E-state index < -0.39 is 0 Å². The van der Waals surface area contributed by atoms with Crippen molar-refractivity contribution in [2.45, 2.75) is 31.7 Å². The van der Waals surface area contributed by atoms with Gasteiger partial charge in [-0.15, -0.1) is 0 Å². The number of hydrogen-bond acceptors (Lipinski definition) is 3. The Morgan fingerprint density at radius 3 is 2.89 bits per heavy atom. The van der Waals surface area contributed by atoms with Gasteiger partial charge in [0.1, 0.15) is 17.8 Å². The van der Waals surface area contributed by atoms with E-state index in [2.05, 4.69) is 15.3 Å². The molecule has 0 atom stereocenters. The Kier molecular flexibility index (Phi) is 3.27. The summed E-state index contributed by atoms with van der Waals surface area (Å²) < 4.78 is 1.78. The molecule has 0 unspecified atom stereocenters. The first-order valence-electron chi connectivity index (χ1n) is 6.59. The lowest BCUT2D eigenvalue weighted by atomic mass is 10.2. The third-order valence-corrected chi connectivity index (χ3v) is 3.43. The van der Waals surface area contributed by atoms with Crippen molar-refractivity contribution in [3.63, 3.8) is 0 Å². The highest BCUT2D eigenvalue weighted by Gasteiger charge is 2.18. The van der Waals surface area contributed by atoms with Crippen LogP contribution >= 0.6 is 0 Å². The molecule has 5 nitrogen and oxygen atoms in total. The lowest BCUT2D eigenvalue weighted by molar-refractivity contribution is 0.0933. The molecule has 0 radical (unpaired) electrons. The highest BCUT2D eigenvalue weighted by molar-refractivity contribution is 5.92. The number of carbonyl (C=O) groups excluding carboxylic acids is 1. The largest absolute Gasteiger partial charge is 0.348 e. The van der Waals surface area contributed by atoms with E-state index in [1.807, 2.05) is 12.1 Å². The molecule has 19 heavy (non-hydrogen) atoms. The summed E-state index contributed by atoms with van der Waals surface area (Å²) in [4.78, 5) is 20.5. The highest BCUT2D eigenvalue weighted by Crippen LogP contribution is 2.18. The standard InChI is InChI=1S/C14H16N4O/c19-14(16-11-4-1-2-5-11)12-6-3-7-13(17-12)18-9-8-15-10-18/h3,6-11H,1-2,4-5H2,(H,16,19). The van der Waals surface area contributed by atoms with Gasteiger partial charge in [-0.05, 0) is 25.0 Å². The second kappa shape index (κ2) is 5.22. The van der Waals surface area contributed by atoms with E-state index in [0.717, 1.165) is 12.8 Å². The molecule has 0 spiro atoms. The van der Waals surface area contributed by atoms with Crippen LogP contribution in [0.4, 0.5) is 0 Å². The molecule has 1 saturated carbocycles. The molecule has 0 saturated heterocycles. The van der Waals surface area contributed by atoms with Gasteiger partial charge in [-0.25, -0.2) is 9.97 Å². The van der Waals surface area contributed by atoms with E-state index in [1.165, 1.54) is 12.8 Å². The summed E-state index contributed by atoms with van der Waals surface area (Å²) >= 11 is 0. The Bertz CT molecular complexity index is 559. The molecule has 2 aromatic heterocycles. The topological polar surface area (TPSA) is 59.8 Å². The van der Waals surface area contributed by atoms with Gasteiger partial charge in [0.2, 0.25) is 0 Å². The van der Waals surface area contributed by atoms with Gasteiger partial charge in [0.25, 0.3) is 5.91 Å². The minimum absolute atomic E-state index is 0.0890. The molecule has 5 heteroatoms. The highest BCUT2D eigenvalue weighted by atomic mass is 16.1. The first-order valence-corrected chi connectivity index (χ1v) is 6.59. The number of imidazole rings is 1. The van der Waals surface area contributed by atoms with Crippen LogP contribution in [-0.2, 0) is 0 Å². The molecule has 2 aromatic rings. The number of carbonyl (C=O) groups is 1. The van der Waals surface area contributed by atoms with Gasteiger partial charge >= 0.3 is 0 Å². The van der Waals surface area contributed by atoms with Crippen molar-refractivity contribution in [3.8, 4) is 5.82 Å². The zero-order chi connectivity index (χ0) is 13.1. The second-order valence-electron chi connectivity index (χ2n) is 4.81. The Morgan fingerprint density at radius 2 is 2.16 bits per heavy atom. The van der Waals surface area contributed by atoms with Crippen molar-refractivity contribution in [2.24, 2.45) is 0 Å². The number of nitrogens with zero attached hydrogens (tertiary/aromatic N) is 3. The van der Waals surface area contributed by atoms with Crippen LogP contribution in [-0.4, -0.2) is 26.5 Å². The fourth-order valence-electron chi connectivity index (χ4n) is 2.42. The molecule has 0 aromatic carbocycles. The van der Waals surface area contributed by atoms with Crippen molar-refractivity contribution in [2.75, 3.05) is 0 Å². The maximum absolute atomic E-state index is 12.1. The number of hydrogen-bond donors (Lipinski definition) is 1. The van der Waals surface area contributed by atoms with Gasteiger partial charge in [0.05, 0.1) is 0 Å². The third kappa shape index (κ3) is 2.65. The average molecular weight is 256 g/mol. The fraction of sp³-hybridized carbons (Fsp3) is 0.357. The quantitative estimate of drug-likeness (QED) is 0.913. The van der Waals surface area contributed by atoms with Crippen molar-refractivity contribution in [1.82, 2.24) is 19.9 Å². The second-order valence-corrected chi connectivity index (χ2v) is 4.81. The van der Waals surface area contributed by atoms with Crippen LogP contribution in [0.2, 0.25) is 0 Å². The van der Waals surface area contributed by atoms with E-state index in [0.29, 0.717) is 17.6 Å². The summed E-state index contributed by atoms with van der Waals surface area (Å²) in [6.45, 7) is 0. The minimum atomic E-state index is -0.0890. The predicted octanol–water partition coefficient (Wildman–Crippen LogP) is 1.94. The van der Waals surface area contributed by atoms with E-state index in [4.69, 9.17) is 0 Å². The van der Waals surface area contributed by atoms with Crippen LogP contribution in [0.25, 0.3) is 5.82 Å². The molecule has 1 N–H and O–H groups in total. The monoisotopic (exact) mass is 256 g/mol. The number of rotatable bonds is 3. The predicted molar refractivity (Wildman–Crippen MR) is 71.1 cm³/mol. The van der Waals surface area contributed by atoms with Crippen LogP contribution in [0.1, 0.15) is 36.2 Å². The van der Waals surface area contributed by atoms with Gasteiger partial charge in [-0.3, -0.25) is 9.36 Å². The van der Waals surface area contributed by atoms with Crippen molar-refractivity contribution < 1.29 is 4.79 Å². The maximum atomic E-state index is 12.1. The number of pyridine rings is 1. The summed E-state index contributed by atoms with van der Waals surface area (Å²) in [5.41, 5.74) is 0.457. The average Bonchev–Trinajstić information content (AvgIpc) is 3.12. The molecular formula is C14H16N4O. The molecule has 98 valence electrons. The molecule has 1 amide bonds.